The van der Waals surface area contributed by atoms with Gasteiger partial charge in [-0.25, -0.2) is 9.59 Å². The van der Waals surface area contributed by atoms with Gasteiger partial charge in [0.15, 0.2) is 0 Å². The van der Waals surface area contributed by atoms with Gasteiger partial charge in [0.1, 0.15) is 12.4 Å². The summed E-state index contributed by atoms with van der Waals surface area (Å²) in [5, 5.41) is 11.5. The first-order chi connectivity index (χ1) is 11.1. The summed E-state index contributed by atoms with van der Waals surface area (Å²) < 4.78 is 10.5. The molecule has 2 N–H and O–H groups in total. The fourth-order valence-electron chi connectivity index (χ4n) is 1.90. The van der Waals surface area contributed by atoms with E-state index in [1.165, 1.54) is 18.2 Å². The fourth-order valence-corrected chi connectivity index (χ4v) is 1.90. The zero-order chi connectivity index (χ0) is 16.7. The van der Waals surface area contributed by atoms with Crippen LogP contribution in [0.25, 0.3) is 0 Å². The van der Waals surface area contributed by atoms with E-state index in [9.17, 15) is 9.59 Å². The van der Waals surface area contributed by atoms with Crippen molar-refractivity contribution in [3.8, 4) is 5.75 Å². The summed E-state index contributed by atoms with van der Waals surface area (Å²) in [5.41, 5.74) is 1.31. The summed E-state index contributed by atoms with van der Waals surface area (Å²) in [4.78, 5) is 22.8. The first-order valence-electron chi connectivity index (χ1n) is 7.08. The minimum absolute atomic E-state index is 0.0802. The maximum Gasteiger partial charge on any atom is 0.412 e. The molecule has 23 heavy (non-hydrogen) atoms. The zero-order valence-electron chi connectivity index (χ0n) is 12.6. The number of carboxylic acid groups (broad SMARTS) is 1. The topological polar surface area (TPSA) is 84.9 Å². The van der Waals surface area contributed by atoms with Gasteiger partial charge >= 0.3 is 12.1 Å². The molecule has 0 atom stereocenters. The standard InChI is InChI=1S/C17H17NO5/c1-2-22-15-10-13(16(19)20)8-9-14(15)18-17(21)23-11-12-6-4-3-5-7-12/h3-10H,2,11H2,1H3,(H,18,21)(H,19,20). The number of carboxylic acids is 1. The van der Waals surface area contributed by atoms with E-state index >= 15 is 0 Å². The van der Waals surface area contributed by atoms with Crippen LogP contribution in [0.3, 0.4) is 0 Å². The van der Waals surface area contributed by atoms with E-state index in [1.807, 2.05) is 30.3 Å². The van der Waals surface area contributed by atoms with E-state index in [0.29, 0.717) is 12.3 Å². The van der Waals surface area contributed by atoms with E-state index in [0.717, 1.165) is 5.56 Å². The molecule has 2 rings (SSSR count). The van der Waals surface area contributed by atoms with Crippen LogP contribution in [0.5, 0.6) is 5.75 Å². The molecule has 2 aromatic rings. The Hall–Kier alpha value is -3.02. The monoisotopic (exact) mass is 315 g/mol. The van der Waals surface area contributed by atoms with Crippen LogP contribution >= 0.6 is 0 Å². The molecule has 0 aliphatic rings. The van der Waals surface area contributed by atoms with Gasteiger partial charge in [0.2, 0.25) is 0 Å². The van der Waals surface area contributed by atoms with Crippen LogP contribution in [-0.4, -0.2) is 23.8 Å². The van der Waals surface area contributed by atoms with Crippen LogP contribution in [0.1, 0.15) is 22.8 Å². The van der Waals surface area contributed by atoms with Crippen LogP contribution in [0.15, 0.2) is 48.5 Å². The van der Waals surface area contributed by atoms with Crippen molar-refractivity contribution >= 4 is 17.7 Å². The molecule has 6 nitrogen and oxygen atoms in total. The Labute approximate surface area is 133 Å². The van der Waals surface area contributed by atoms with Gasteiger partial charge in [0.25, 0.3) is 0 Å². The van der Waals surface area contributed by atoms with Crippen molar-refractivity contribution in [1.82, 2.24) is 0 Å². The maximum absolute atomic E-state index is 11.9. The Morgan fingerprint density at radius 3 is 2.52 bits per heavy atom. The number of hydrogen-bond donors (Lipinski definition) is 2. The number of aromatic carboxylic acids is 1. The summed E-state index contributed by atoms with van der Waals surface area (Å²) in [7, 11) is 0. The number of benzene rings is 2. The van der Waals surface area contributed by atoms with E-state index in [-0.39, 0.29) is 17.9 Å². The normalized spacial score (nSPS) is 9.96. The van der Waals surface area contributed by atoms with Gasteiger partial charge in [-0.3, -0.25) is 5.32 Å². The molecule has 0 aliphatic heterocycles. The van der Waals surface area contributed by atoms with Crippen LogP contribution in [0.4, 0.5) is 10.5 Å². The highest BCUT2D eigenvalue weighted by Gasteiger charge is 2.12. The third-order valence-electron chi connectivity index (χ3n) is 2.98. The predicted octanol–water partition coefficient (Wildman–Crippen LogP) is 3.53. The van der Waals surface area contributed by atoms with Gasteiger partial charge in [-0.1, -0.05) is 30.3 Å². The lowest BCUT2D eigenvalue weighted by atomic mass is 10.2. The number of amides is 1. The van der Waals surface area contributed by atoms with Crippen molar-refractivity contribution in [3.05, 3.63) is 59.7 Å². The molecule has 0 saturated heterocycles. The molecule has 0 aliphatic carbocycles. The summed E-state index contributed by atoms with van der Waals surface area (Å²) in [6.45, 7) is 2.26. The van der Waals surface area contributed by atoms with Crippen molar-refractivity contribution in [3.63, 3.8) is 0 Å². The number of ether oxygens (including phenoxy) is 2. The Bertz CT molecular complexity index is 685. The van der Waals surface area contributed by atoms with Crippen molar-refractivity contribution in [2.45, 2.75) is 13.5 Å². The average Bonchev–Trinajstić information content (AvgIpc) is 2.55. The van der Waals surface area contributed by atoms with Gasteiger partial charge in [-0.15, -0.1) is 0 Å². The van der Waals surface area contributed by atoms with Crippen LogP contribution in [0, 0.1) is 0 Å². The molecule has 120 valence electrons. The minimum atomic E-state index is -1.07. The quantitative estimate of drug-likeness (QED) is 0.851. The second-order valence-electron chi connectivity index (χ2n) is 4.64. The smallest absolute Gasteiger partial charge is 0.412 e. The van der Waals surface area contributed by atoms with Crippen molar-refractivity contribution < 1.29 is 24.2 Å². The highest BCUT2D eigenvalue weighted by molar-refractivity contribution is 5.91. The number of carbonyl (C=O) groups excluding carboxylic acids is 1. The Kier molecular flexibility index (Phi) is 5.57. The third kappa shape index (κ3) is 4.74. The number of carbonyl (C=O) groups is 2. The zero-order valence-corrected chi connectivity index (χ0v) is 12.6. The van der Waals surface area contributed by atoms with Crippen molar-refractivity contribution in [1.29, 1.82) is 0 Å². The van der Waals surface area contributed by atoms with Crippen LogP contribution in [-0.2, 0) is 11.3 Å². The molecule has 0 radical (unpaired) electrons. The highest BCUT2D eigenvalue weighted by atomic mass is 16.5. The van der Waals surface area contributed by atoms with Gasteiger partial charge in [0, 0.05) is 0 Å². The van der Waals surface area contributed by atoms with Gasteiger partial charge in [-0.05, 0) is 30.7 Å². The molecule has 1 amide bonds. The number of rotatable bonds is 6. The second-order valence-corrected chi connectivity index (χ2v) is 4.64. The average molecular weight is 315 g/mol. The van der Waals surface area contributed by atoms with Gasteiger partial charge in [-0.2, -0.15) is 0 Å². The molecule has 0 heterocycles. The molecule has 0 aromatic heterocycles. The summed E-state index contributed by atoms with van der Waals surface area (Å²) in [5.74, 6) is -0.784. The first kappa shape index (κ1) is 16.4. The molecular weight excluding hydrogens is 298 g/mol. The highest BCUT2D eigenvalue weighted by Crippen LogP contribution is 2.26. The van der Waals surface area contributed by atoms with Crippen LogP contribution < -0.4 is 10.1 Å². The van der Waals surface area contributed by atoms with Gasteiger partial charge in [0.05, 0.1) is 17.9 Å². The Morgan fingerprint density at radius 1 is 1.13 bits per heavy atom. The summed E-state index contributed by atoms with van der Waals surface area (Å²) in [6.07, 6.45) is -0.641. The van der Waals surface area contributed by atoms with E-state index in [4.69, 9.17) is 14.6 Å². The van der Waals surface area contributed by atoms with Crippen LogP contribution in [0.2, 0.25) is 0 Å². The number of anilines is 1. The van der Waals surface area contributed by atoms with E-state index in [2.05, 4.69) is 5.32 Å². The molecule has 0 spiro atoms. The fraction of sp³-hybridized carbons (Fsp3) is 0.176. The number of nitrogens with one attached hydrogen (secondary N) is 1. The minimum Gasteiger partial charge on any atom is -0.492 e. The molecule has 0 unspecified atom stereocenters. The SMILES string of the molecule is CCOc1cc(C(=O)O)ccc1NC(=O)OCc1ccccc1. The lowest BCUT2D eigenvalue weighted by Gasteiger charge is -2.12. The molecule has 0 fully saturated rings. The van der Waals surface area contributed by atoms with Crippen molar-refractivity contribution in [2.75, 3.05) is 11.9 Å². The van der Waals surface area contributed by atoms with E-state index in [1.54, 1.807) is 6.92 Å². The molecule has 0 bridgehead atoms. The molecular formula is C17H17NO5. The maximum atomic E-state index is 11.9. The number of hydrogen-bond acceptors (Lipinski definition) is 4. The molecule has 6 heteroatoms. The van der Waals surface area contributed by atoms with Crippen molar-refractivity contribution in [2.24, 2.45) is 0 Å². The molecule has 0 saturated carbocycles. The summed E-state index contributed by atoms with van der Waals surface area (Å²) >= 11 is 0. The largest absolute Gasteiger partial charge is 0.492 e. The Morgan fingerprint density at radius 2 is 1.87 bits per heavy atom. The lowest BCUT2D eigenvalue weighted by Crippen LogP contribution is -2.14. The lowest BCUT2D eigenvalue weighted by molar-refractivity contribution is 0.0696. The third-order valence-corrected chi connectivity index (χ3v) is 2.98. The Balaban J connectivity index is 2.03. The van der Waals surface area contributed by atoms with E-state index < -0.39 is 12.1 Å². The molecule has 2 aromatic carbocycles. The van der Waals surface area contributed by atoms with Gasteiger partial charge < -0.3 is 14.6 Å². The first-order valence-corrected chi connectivity index (χ1v) is 7.08. The summed E-state index contributed by atoms with van der Waals surface area (Å²) in [6, 6.07) is 13.5. The second kappa shape index (κ2) is 7.84. The predicted molar refractivity (Wildman–Crippen MR) is 84.8 cm³/mol.